The number of nitrogens with one attached hydrogen (secondary N) is 3. The number of ether oxygens (including phenoxy) is 5. The van der Waals surface area contributed by atoms with Gasteiger partial charge < -0.3 is 47.8 Å². The fraction of sp³-hybridized carbons (Fsp3) is 0.407. The smallest absolute Gasteiger partial charge is 0.311 e. The van der Waals surface area contributed by atoms with E-state index in [1.165, 1.54) is 42.7 Å². The fourth-order valence-electron chi connectivity index (χ4n) is 15.8. The van der Waals surface area contributed by atoms with E-state index in [0.717, 1.165) is 109 Å². The summed E-state index contributed by atoms with van der Waals surface area (Å²) in [6, 6.07) is 28.6. The summed E-state index contributed by atoms with van der Waals surface area (Å²) in [5, 5.41) is 14.8. The molecule has 26 nitrogen and oxygen atoms in total. The van der Waals surface area contributed by atoms with Crippen LogP contribution in [0.4, 0.5) is 38.0 Å². The number of alkyl halides is 3. The van der Waals surface area contributed by atoms with Crippen LogP contribution in [-0.2, 0) is 48.9 Å². The number of rotatable bonds is 16. The largest absolute Gasteiger partial charge is 0.381 e. The van der Waals surface area contributed by atoms with Gasteiger partial charge in [-0.05, 0) is 118 Å². The molecule has 0 amide bonds. The van der Waals surface area contributed by atoms with E-state index in [1.807, 2.05) is 32.1 Å². The standard InChI is InChI=1S/C19H18F2N2O2.C19H19FN2O2.C17H16ClFN4O2.C17H16F2N4O2.C14H20N4O2/c20-19(21,13-4-2-1-3-5-13)17-12-16(24)15-6-9-23(18(15)22-17)14-7-10-25-11-8-14;20-18(13-4-2-1-3-5-13)16-12-17(23)15-6-9-22(19(15)21-16)14-7-10-24-11-8-14;18-13-2-1-3-14(19)11(13)8-15-21-16-12(17(24)22-15)9-20-23(16)10-4-6-25-7-5-10;18-11-5-10(6-12(19)8-11)7-15-21-16-14(17(24)22-15)9-20-23(16)13-1-3-25-4-2-13;1-2-3-4-12-16-13-11(14(19)17-12)9-15-18(13)10-5-7-20-8-6-10/h1-6,9,14H,7-8,10-12H2;1-6,9,14,18H,7-8,10-12H2;1-3,9-10H,4-8H2,(H,21,22,24);5-6,8-9,13H,1-4,7H2,(H,21,22,24);9-10H,2-8H2,1H3,(H,16,17,19). The number of hydrogen-bond donors (Lipinski definition) is 3. The monoisotopic (exact) mass is 1650 g/mol. The number of fused-ring (bicyclic) bond motifs is 5. The lowest BCUT2D eigenvalue weighted by Gasteiger charge is -2.27. The van der Waals surface area contributed by atoms with Gasteiger partial charge in [0.1, 0.15) is 68.4 Å². The molecule has 19 rings (SSSR count). The van der Waals surface area contributed by atoms with Gasteiger partial charge in [-0.15, -0.1) is 0 Å². The zero-order valence-electron chi connectivity index (χ0n) is 65.4. The predicted molar refractivity (Wildman–Crippen MR) is 433 cm³/mol. The van der Waals surface area contributed by atoms with Crippen molar-refractivity contribution in [2.75, 3.05) is 66.1 Å². The second kappa shape index (κ2) is 37.8. The summed E-state index contributed by atoms with van der Waals surface area (Å²) in [6.45, 7) is 8.90. The van der Waals surface area contributed by atoms with Crippen LogP contribution in [-0.4, -0.2) is 157 Å². The molecule has 8 aromatic heterocycles. The van der Waals surface area contributed by atoms with Gasteiger partial charge in [-0.25, -0.2) is 56.5 Å². The number of unbranched alkanes of at least 4 members (excludes halogenated alkanes) is 1. The Morgan fingerprint density at radius 1 is 0.496 bits per heavy atom. The molecule has 0 spiro atoms. The highest BCUT2D eigenvalue weighted by molar-refractivity contribution is 6.31. The van der Waals surface area contributed by atoms with Gasteiger partial charge in [-0.2, -0.15) is 24.1 Å². The average Bonchev–Trinajstić information content (AvgIpc) is 1.64. The maximum Gasteiger partial charge on any atom is 0.311 e. The molecular weight excluding hydrogens is 1570 g/mol. The van der Waals surface area contributed by atoms with Gasteiger partial charge >= 0.3 is 5.92 Å². The zero-order valence-corrected chi connectivity index (χ0v) is 66.1. The van der Waals surface area contributed by atoms with Crippen LogP contribution in [0.25, 0.3) is 33.1 Å². The number of hydrogen-bond acceptors (Lipinski definition) is 18. The molecule has 7 aliphatic heterocycles. The van der Waals surface area contributed by atoms with Crippen molar-refractivity contribution >= 4 is 79.3 Å². The average molecular weight is 1660 g/mol. The third-order valence-corrected chi connectivity index (χ3v) is 22.6. The molecule has 1 atom stereocenters. The number of aliphatic imine (C=N–C) groups is 2. The Labute approximate surface area is 683 Å². The molecule has 0 radical (unpaired) electrons. The van der Waals surface area contributed by atoms with Gasteiger partial charge in [-0.1, -0.05) is 91.7 Å². The Kier molecular flexibility index (Phi) is 26.4. The highest BCUT2D eigenvalue weighted by atomic mass is 35.5. The number of aryl methyl sites for hydroxylation is 1. The summed E-state index contributed by atoms with van der Waals surface area (Å²) < 4.78 is 122. The molecule has 7 aliphatic rings. The van der Waals surface area contributed by atoms with Crippen LogP contribution >= 0.6 is 11.6 Å². The van der Waals surface area contributed by atoms with Crippen LogP contribution in [0.5, 0.6) is 0 Å². The first kappa shape index (κ1) is 82.9. The number of aromatic nitrogens is 14. The summed E-state index contributed by atoms with van der Waals surface area (Å²) in [7, 11) is 0. The van der Waals surface area contributed by atoms with Crippen LogP contribution in [0.2, 0.25) is 5.02 Å². The van der Waals surface area contributed by atoms with E-state index in [1.54, 1.807) is 82.4 Å². The molecule has 33 heteroatoms. The minimum absolute atomic E-state index is 0.0425. The molecule has 3 N–H and O–H groups in total. The zero-order chi connectivity index (χ0) is 82.7. The molecule has 622 valence electrons. The van der Waals surface area contributed by atoms with Crippen molar-refractivity contribution in [1.82, 2.24) is 68.4 Å². The molecular formula is C86H89ClF6N16O10. The van der Waals surface area contributed by atoms with Gasteiger partial charge in [0.05, 0.1) is 66.4 Å². The summed E-state index contributed by atoms with van der Waals surface area (Å²) in [4.78, 5) is 92.2. The van der Waals surface area contributed by atoms with Gasteiger partial charge in [-0.3, -0.25) is 24.0 Å². The molecule has 0 bridgehead atoms. The topological polar surface area (TPSA) is 306 Å². The lowest BCUT2D eigenvalue weighted by Crippen LogP contribution is -2.30. The highest BCUT2D eigenvalue weighted by Crippen LogP contribution is 2.41. The Balaban J connectivity index is 0.000000116. The number of halogens is 7. The summed E-state index contributed by atoms with van der Waals surface area (Å²) >= 11 is 6.08. The number of carbonyl (C=O) groups is 2. The molecule has 12 aromatic rings. The Morgan fingerprint density at radius 3 is 1.38 bits per heavy atom. The van der Waals surface area contributed by atoms with E-state index < -0.39 is 29.5 Å². The molecule has 119 heavy (non-hydrogen) atoms. The number of H-pyrrole nitrogens is 3. The van der Waals surface area contributed by atoms with Crippen molar-refractivity contribution in [3.05, 3.63) is 245 Å². The van der Waals surface area contributed by atoms with E-state index in [2.05, 4.69) is 62.1 Å². The van der Waals surface area contributed by atoms with Gasteiger partial charge in [0, 0.05) is 132 Å². The number of benzene rings is 4. The minimum atomic E-state index is -3.26. The van der Waals surface area contributed by atoms with Crippen LogP contribution in [0.3, 0.4) is 0 Å². The SMILES string of the molecule is CCCCc1nc2c(cnn2C2CCOCC2)c(=O)[nH]1.O=C1CC(C(F)(F)c2ccccc2)=Nc2c1ccn2C1CCOCC1.O=C1CC(C(F)c2ccccc2)=Nc2c1ccn2C1CCOCC1.O=c1[nH]c(Cc2c(F)cccc2Cl)nc2c1cnn2C1CCOCC1.O=c1[nH]c(Cc2cc(F)cc(F)c2)nc2c1cnn2C1CCOCC1. The maximum absolute atomic E-state index is 14.9. The van der Waals surface area contributed by atoms with E-state index in [0.29, 0.717) is 148 Å². The Morgan fingerprint density at radius 2 is 0.916 bits per heavy atom. The first-order valence-electron chi connectivity index (χ1n) is 40.3. The summed E-state index contributed by atoms with van der Waals surface area (Å²) in [5.74, 6) is -2.95. The van der Waals surface area contributed by atoms with Gasteiger partial charge in [0.15, 0.2) is 34.7 Å². The second-order valence-electron chi connectivity index (χ2n) is 30.2. The quantitative estimate of drug-likeness (QED) is 0.0757. The Bertz CT molecular complexity index is 5790. The van der Waals surface area contributed by atoms with E-state index >= 15 is 0 Å². The minimum Gasteiger partial charge on any atom is -0.381 e. The molecule has 0 saturated carbocycles. The number of Topliss-reactive ketones (excluding diaryl/α,β-unsaturated/α-hetero) is 2. The lowest BCUT2D eigenvalue weighted by molar-refractivity contribution is 0.0672. The molecule has 0 aliphatic carbocycles. The number of aromatic amines is 3. The Hall–Kier alpha value is -11.2. The molecule has 5 fully saturated rings. The number of ketones is 2. The second-order valence-corrected chi connectivity index (χ2v) is 30.6. The molecule has 4 aromatic carbocycles. The summed E-state index contributed by atoms with van der Waals surface area (Å²) in [5.41, 5.74) is 3.08. The summed E-state index contributed by atoms with van der Waals surface area (Å²) in [6.07, 6.45) is 18.3. The van der Waals surface area contributed by atoms with Crippen LogP contribution < -0.4 is 16.7 Å². The first-order chi connectivity index (χ1) is 57.8. The fourth-order valence-corrected chi connectivity index (χ4v) is 16.0. The highest BCUT2D eigenvalue weighted by Gasteiger charge is 2.43. The molecule has 5 saturated heterocycles. The predicted octanol–water partition coefficient (Wildman–Crippen LogP) is 15.5. The number of nitrogens with zero attached hydrogens (tertiary/aromatic N) is 13. The van der Waals surface area contributed by atoms with Crippen molar-refractivity contribution < 1.29 is 59.6 Å². The van der Waals surface area contributed by atoms with Crippen molar-refractivity contribution in [3.63, 3.8) is 0 Å². The molecule has 1 unspecified atom stereocenters. The van der Waals surface area contributed by atoms with Crippen LogP contribution in [0, 0.1) is 17.5 Å². The van der Waals surface area contributed by atoms with E-state index in [-0.39, 0.29) is 95.4 Å². The number of carbonyl (C=O) groups excluding carboxylic acids is 2. The van der Waals surface area contributed by atoms with E-state index in [4.69, 9.17) is 35.3 Å². The normalized spacial score (nSPS) is 17.4. The van der Waals surface area contributed by atoms with Gasteiger partial charge in [0.25, 0.3) is 16.7 Å². The molecule has 15 heterocycles. The van der Waals surface area contributed by atoms with Crippen LogP contribution in [0.15, 0.2) is 165 Å². The van der Waals surface area contributed by atoms with E-state index in [9.17, 15) is 50.3 Å². The third-order valence-electron chi connectivity index (χ3n) is 22.2. The van der Waals surface area contributed by atoms with Gasteiger partial charge in [0.2, 0.25) is 0 Å². The van der Waals surface area contributed by atoms with Crippen molar-refractivity contribution in [3.8, 4) is 0 Å². The van der Waals surface area contributed by atoms with Crippen molar-refractivity contribution in [2.24, 2.45) is 9.98 Å². The third kappa shape index (κ3) is 19.1. The lowest BCUT2D eigenvalue weighted by atomic mass is 9.96. The maximum atomic E-state index is 14.9. The van der Waals surface area contributed by atoms with Crippen LogP contribution in [0.1, 0.15) is 194 Å². The first-order valence-corrected chi connectivity index (χ1v) is 40.6. The van der Waals surface area contributed by atoms with Crippen molar-refractivity contribution in [1.29, 1.82) is 0 Å². The van der Waals surface area contributed by atoms with Crippen molar-refractivity contribution in [2.45, 2.75) is 158 Å².